The average Bonchev–Trinajstić information content (AvgIpc) is 2.77. The van der Waals surface area contributed by atoms with Crippen molar-refractivity contribution in [3.05, 3.63) is 78.4 Å². The number of methoxy groups -OCH3 is 1. The van der Waals surface area contributed by atoms with Crippen molar-refractivity contribution in [1.29, 1.82) is 0 Å². The van der Waals surface area contributed by atoms with E-state index in [4.69, 9.17) is 9.47 Å². The molecule has 1 amide bonds. The topological polar surface area (TPSA) is 93.7 Å². The molecule has 0 fully saturated rings. The number of rotatable bonds is 9. The van der Waals surface area contributed by atoms with E-state index >= 15 is 0 Å². The summed E-state index contributed by atoms with van der Waals surface area (Å²) in [5.41, 5.74) is 1.90. The van der Waals surface area contributed by atoms with Crippen LogP contribution < -0.4 is 19.5 Å². The van der Waals surface area contributed by atoms with Gasteiger partial charge in [-0.25, -0.2) is 8.42 Å². The number of amides is 1. The fourth-order valence-corrected chi connectivity index (χ4v) is 4.10. The van der Waals surface area contributed by atoms with E-state index in [-0.39, 0.29) is 10.8 Å². The van der Waals surface area contributed by atoms with Crippen LogP contribution in [-0.2, 0) is 14.8 Å². The second kappa shape index (κ2) is 10.2. The van der Waals surface area contributed by atoms with Gasteiger partial charge >= 0.3 is 0 Å². The van der Waals surface area contributed by atoms with Crippen molar-refractivity contribution in [2.75, 3.05) is 17.1 Å². The summed E-state index contributed by atoms with van der Waals surface area (Å²) in [5, 5.41) is 2.77. The van der Waals surface area contributed by atoms with Gasteiger partial charge < -0.3 is 14.8 Å². The molecule has 0 unspecified atom stereocenters. The number of aryl methyl sites for hydroxylation is 1. The van der Waals surface area contributed by atoms with Gasteiger partial charge in [-0.15, -0.1) is 0 Å². The van der Waals surface area contributed by atoms with Crippen LogP contribution in [0.5, 0.6) is 11.5 Å². The summed E-state index contributed by atoms with van der Waals surface area (Å²) in [6, 6.07) is 20.2. The Morgan fingerprint density at radius 2 is 1.62 bits per heavy atom. The first kappa shape index (κ1) is 23.1. The van der Waals surface area contributed by atoms with Crippen LogP contribution in [0.1, 0.15) is 18.9 Å². The van der Waals surface area contributed by atoms with Gasteiger partial charge in [-0.1, -0.05) is 31.2 Å². The second-order valence-corrected chi connectivity index (χ2v) is 8.84. The Balaban J connectivity index is 1.68. The van der Waals surface area contributed by atoms with E-state index < -0.39 is 16.1 Å². The predicted octanol–water partition coefficient (Wildman–Crippen LogP) is 4.60. The van der Waals surface area contributed by atoms with Crippen molar-refractivity contribution in [2.24, 2.45) is 0 Å². The highest BCUT2D eigenvalue weighted by Gasteiger charge is 2.21. The quantitative estimate of drug-likeness (QED) is 0.493. The standard InChI is InChI=1S/C24H26N2O5S/c1-4-21(31-23-11-6-5-10-22(23)30-3)24(27)25-18-12-14-20(15-13-18)32(28,29)26-19-9-7-8-17(2)16-19/h5-16,21,26H,4H2,1-3H3,(H,25,27)/t21-/m0/s1. The molecule has 0 saturated heterocycles. The molecule has 0 radical (unpaired) electrons. The molecule has 0 aliphatic heterocycles. The lowest BCUT2D eigenvalue weighted by Gasteiger charge is -2.19. The second-order valence-electron chi connectivity index (χ2n) is 7.15. The van der Waals surface area contributed by atoms with E-state index in [1.807, 2.05) is 26.0 Å². The molecule has 1 atom stereocenters. The molecule has 0 aliphatic carbocycles. The fourth-order valence-electron chi connectivity index (χ4n) is 3.05. The van der Waals surface area contributed by atoms with E-state index in [2.05, 4.69) is 10.0 Å². The van der Waals surface area contributed by atoms with Crippen molar-refractivity contribution in [2.45, 2.75) is 31.3 Å². The van der Waals surface area contributed by atoms with Crippen LogP contribution >= 0.6 is 0 Å². The van der Waals surface area contributed by atoms with Gasteiger partial charge in [-0.2, -0.15) is 0 Å². The molecule has 168 valence electrons. The van der Waals surface area contributed by atoms with Gasteiger partial charge in [0.05, 0.1) is 12.0 Å². The number of carbonyl (C=O) groups excluding carboxylic acids is 1. The first-order chi connectivity index (χ1) is 15.3. The Labute approximate surface area is 188 Å². The summed E-state index contributed by atoms with van der Waals surface area (Å²) in [5.74, 6) is 0.669. The Kier molecular flexibility index (Phi) is 7.37. The lowest BCUT2D eigenvalue weighted by Crippen LogP contribution is -2.32. The van der Waals surface area contributed by atoms with Crippen molar-refractivity contribution in [1.82, 2.24) is 0 Å². The summed E-state index contributed by atoms with van der Waals surface area (Å²) < 4.78 is 38.9. The highest BCUT2D eigenvalue weighted by atomic mass is 32.2. The van der Waals surface area contributed by atoms with E-state index in [0.717, 1.165) is 5.56 Å². The maximum absolute atomic E-state index is 12.7. The first-order valence-electron chi connectivity index (χ1n) is 10.1. The van der Waals surface area contributed by atoms with Gasteiger partial charge in [0.1, 0.15) is 0 Å². The molecule has 3 aromatic carbocycles. The zero-order chi connectivity index (χ0) is 23.1. The molecular formula is C24H26N2O5S. The van der Waals surface area contributed by atoms with Crippen LogP contribution in [-0.4, -0.2) is 27.5 Å². The molecule has 0 aliphatic rings. The van der Waals surface area contributed by atoms with Gasteiger partial charge in [0, 0.05) is 11.4 Å². The number of anilines is 2. The average molecular weight is 455 g/mol. The largest absolute Gasteiger partial charge is 0.493 e. The lowest BCUT2D eigenvalue weighted by atomic mass is 10.2. The molecule has 0 bridgehead atoms. The minimum atomic E-state index is -3.75. The molecule has 3 aromatic rings. The summed E-state index contributed by atoms with van der Waals surface area (Å²) >= 11 is 0. The molecule has 0 saturated carbocycles. The Bertz CT molecular complexity index is 1180. The van der Waals surface area contributed by atoms with Crippen molar-refractivity contribution in [3.63, 3.8) is 0 Å². The zero-order valence-electron chi connectivity index (χ0n) is 18.2. The van der Waals surface area contributed by atoms with Crippen LogP contribution in [0.4, 0.5) is 11.4 Å². The summed E-state index contributed by atoms with van der Waals surface area (Å²) in [4.78, 5) is 12.8. The molecule has 7 nitrogen and oxygen atoms in total. The maximum Gasteiger partial charge on any atom is 0.265 e. The van der Waals surface area contributed by atoms with Gasteiger partial charge in [-0.3, -0.25) is 9.52 Å². The minimum Gasteiger partial charge on any atom is -0.493 e. The molecule has 3 rings (SSSR count). The minimum absolute atomic E-state index is 0.0920. The number of hydrogen-bond donors (Lipinski definition) is 2. The van der Waals surface area contributed by atoms with Crippen molar-refractivity contribution >= 4 is 27.3 Å². The smallest absolute Gasteiger partial charge is 0.265 e. The predicted molar refractivity (Wildman–Crippen MR) is 125 cm³/mol. The van der Waals surface area contributed by atoms with Crippen LogP contribution in [0, 0.1) is 6.92 Å². The number of hydrogen-bond acceptors (Lipinski definition) is 5. The lowest BCUT2D eigenvalue weighted by molar-refractivity contribution is -0.122. The molecular weight excluding hydrogens is 428 g/mol. The van der Waals surface area contributed by atoms with Gasteiger partial charge in [0.25, 0.3) is 15.9 Å². The van der Waals surface area contributed by atoms with Crippen LogP contribution in [0.3, 0.4) is 0 Å². The molecule has 32 heavy (non-hydrogen) atoms. The molecule has 0 heterocycles. The number of carbonyl (C=O) groups is 1. The zero-order valence-corrected chi connectivity index (χ0v) is 19.0. The molecule has 0 spiro atoms. The number of nitrogens with one attached hydrogen (secondary N) is 2. The normalized spacial score (nSPS) is 12.0. The van der Waals surface area contributed by atoms with E-state index in [9.17, 15) is 13.2 Å². The first-order valence-corrected chi connectivity index (χ1v) is 11.6. The highest BCUT2D eigenvalue weighted by Crippen LogP contribution is 2.27. The Morgan fingerprint density at radius 1 is 0.938 bits per heavy atom. The van der Waals surface area contributed by atoms with Gasteiger partial charge in [0.2, 0.25) is 0 Å². The molecule has 2 N–H and O–H groups in total. The number of ether oxygens (including phenoxy) is 2. The Morgan fingerprint density at radius 3 is 2.25 bits per heavy atom. The molecule has 8 heteroatoms. The fraction of sp³-hybridized carbons (Fsp3) is 0.208. The van der Waals surface area contributed by atoms with Gasteiger partial charge in [0.15, 0.2) is 17.6 Å². The van der Waals surface area contributed by atoms with Crippen molar-refractivity contribution in [3.8, 4) is 11.5 Å². The van der Waals surface area contributed by atoms with Crippen LogP contribution in [0.15, 0.2) is 77.7 Å². The Hall–Kier alpha value is -3.52. The summed E-state index contributed by atoms with van der Waals surface area (Å²) in [6.45, 7) is 3.72. The monoisotopic (exact) mass is 454 g/mol. The number of sulfonamides is 1. The van der Waals surface area contributed by atoms with Crippen LogP contribution in [0.2, 0.25) is 0 Å². The van der Waals surface area contributed by atoms with E-state index in [1.165, 1.54) is 19.2 Å². The highest BCUT2D eigenvalue weighted by molar-refractivity contribution is 7.92. The SMILES string of the molecule is CC[C@H](Oc1ccccc1OC)C(=O)Nc1ccc(S(=O)(=O)Nc2cccc(C)c2)cc1. The van der Waals surface area contributed by atoms with E-state index in [1.54, 1.807) is 48.5 Å². The molecule has 0 aromatic heterocycles. The maximum atomic E-state index is 12.7. The third kappa shape index (κ3) is 5.79. The number of para-hydroxylation sites is 2. The summed E-state index contributed by atoms with van der Waals surface area (Å²) in [7, 11) is -2.21. The van der Waals surface area contributed by atoms with Gasteiger partial charge in [-0.05, 0) is 67.4 Å². The summed E-state index contributed by atoms with van der Waals surface area (Å²) in [6.07, 6.45) is -0.297. The van der Waals surface area contributed by atoms with Crippen LogP contribution in [0.25, 0.3) is 0 Å². The third-order valence-corrected chi connectivity index (χ3v) is 6.10. The number of benzene rings is 3. The van der Waals surface area contributed by atoms with E-state index in [0.29, 0.717) is 29.3 Å². The third-order valence-electron chi connectivity index (χ3n) is 4.70. The van der Waals surface area contributed by atoms with Crippen molar-refractivity contribution < 1.29 is 22.7 Å².